The molecule has 110 valence electrons. The third-order valence-corrected chi connectivity index (χ3v) is 3.97. The third-order valence-electron chi connectivity index (χ3n) is 3.97. The molecule has 0 saturated heterocycles. The average Bonchev–Trinajstić information content (AvgIpc) is 2.44. The molecule has 1 saturated carbocycles. The van der Waals surface area contributed by atoms with Crippen molar-refractivity contribution in [2.45, 2.75) is 51.6 Å². The van der Waals surface area contributed by atoms with Gasteiger partial charge in [0.25, 0.3) is 0 Å². The summed E-state index contributed by atoms with van der Waals surface area (Å²) in [5.74, 6) is -0.160. The van der Waals surface area contributed by atoms with Crippen molar-refractivity contribution >= 4 is 11.7 Å². The number of nitrogens with zero attached hydrogens (tertiary/aromatic N) is 1. The zero-order valence-electron chi connectivity index (χ0n) is 12.0. The highest BCUT2D eigenvalue weighted by Gasteiger charge is 2.44. The first-order chi connectivity index (χ1) is 8.88. The number of ether oxygens (including phenoxy) is 1. The van der Waals surface area contributed by atoms with Gasteiger partial charge in [0.05, 0.1) is 5.60 Å². The van der Waals surface area contributed by atoms with Crippen LogP contribution in [0, 0.1) is 5.41 Å². The summed E-state index contributed by atoms with van der Waals surface area (Å²) in [7, 11) is 1.60. The monoisotopic (exact) mass is 271 g/mol. The number of rotatable bonds is 5. The minimum absolute atomic E-state index is 0.0138. The first kappa shape index (κ1) is 15.8. The molecule has 0 spiro atoms. The van der Waals surface area contributed by atoms with Crippen LogP contribution in [0.3, 0.4) is 0 Å². The van der Waals surface area contributed by atoms with Crippen LogP contribution >= 0.6 is 0 Å². The lowest BCUT2D eigenvalue weighted by atomic mass is 9.72. The normalized spacial score (nSPS) is 20.1. The van der Waals surface area contributed by atoms with Crippen molar-refractivity contribution in [2.24, 2.45) is 16.3 Å². The molecule has 1 aliphatic carbocycles. The summed E-state index contributed by atoms with van der Waals surface area (Å²) in [4.78, 5) is 12.4. The maximum atomic E-state index is 12.4. The predicted molar refractivity (Wildman–Crippen MR) is 73.0 cm³/mol. The Balaban J connectivity index is 2.79. The van der Waals surface area contributed by atoms with Crippen LogP contribution in [0.15, 0.2) is 5.16 Å². The lowest BCUT2D eigenvalue weighted by Gasteiger charge is -2.35. The van der Waals surface area contributed by atoms with Gasteiger partial charge in [-0.3, -0.25) is 4.79 Å². The molecule has 0 heterocycles. The average molecular weight is 271 g/mol. The smallest absolute Gasteiger partial charge is 0.234 e. The molecule has 0 atom stereocenters. The fourth-order valence-electron chi connectivity index (χ4n) is 2.39. The van der Waals surface area contributed by atoms with Gasteiger partial charge in [0.2, 0.25) is 5.91 Å². The van der Waals surface area contributed by atoms with Gasteiger partial charge in [-0.2, -0.15) is 0 Å². The molecule has 1 rings (SSSR count). The first-order valence-corrected chi connectivity index (χ1v) is 6.69. The van der Waals surface area contributed by atoms with Gasteiger partial charge >= 0.3 is 0 Å². The summed E-state index contributed by atoms with van der Waals surface area (Å²) < 4.78 is 5.27. The highest BCUT2D eigenvalue weighted by Crippen LogP contribution is 2.36. The maximum absolute atomic E-state index is 12.4. The fourth-order valence-corrected chi connectivity index (χ4v) is 2.39. The minimum atomic E-state index is -0.864. The second kappa shape index (κ2) is 6.23. The van der Waals surface area contributed by atoms with E-state index in [1.807, 2.05) is 13.8 Å². The van der Waals surface area contributed by atoms with E-state index in [2.05, 4.69) is 10.5 Å². The number of amides is 1. The first-order valence-electron chi connectivity index (χ1n) is 6.69. The molecular formula is C13H25N3O3. The Kier molecular flexibility index (Phi) is 5.17. The van der Waals surface area contributed by atoms with Gasteiger partial charge in [0.1, 0.15) is 5.41 Å². The summed E-state index contributed by atoms with van der Waals surface area (Å²) in [5, 5.41) is 14.9. The van der Waals surface area contributed by atoms with E-state index in [0.29, 0.717) is 19.4 Å². The molecule has 0 aliphatic heterocycles. The number of carbonyl (C=O) groups is 1. The van der Waals surface area contributed by atoms with Crippen molar-refractivity contribution in [3.63, 3.8) is 0 Å². The molecule has 0 radical (unpaired) electrons. The van der Waals surface area contributed by atoms with E-state index in [4.69, 9.17) is 15.7 Å². The van der Waals surface area contributed by atoms with Crippen LogP contribution in [-0.2, 0) is 9.53 Å². The highest BCUT2D eigenvalue weighted by molar-refractivity contribution is 6.06. The molecule has 4 N–H and O–H groups in total. The Hall–Kier alpha value is -1.30. The molecule has 0 aromatic carbocycles. The summed E-state index contributed by atoms with van der Waals surface area (Å²) in [6, 6.07) is 0. The highest BCUT2D eigenvalue weighted by atomic mass is 16.5. The van der Waals surface area contributed by atoms with E-state index in [0.717, 1.165) is 19.3 Å². The third kappa shape index (κ3) is 3.59. The van der Waals surface area contributed by atoms with Crippen molar-refractivity contribution < 1.29 is 14.7 Å². The van der Waals surface area contributed by atoms with Crippen LogP contribution in [-0.4, -0.2) is 36.2 Å². The fraction of sp³-hybridized carbons (Fsp3) is 0.846. The Morgan fingerprint density at radius 3 is 2.47 bits per heavy atom. The zero-order chi connectivity index (χ0) is 14.5. The van der Waals surface area contributed by atoms with Gasteiger partial charge in [0, 0.05) is 13.7 Å². The molecule has 6 nitrogen and oxygen atoms in total. The van der Waals surface area contributed by atoms with Crippen molar-refractivity contribution in [3.8, 4) is 0 Å². The standard InChI is InChI=1S/C13H25N3O3/c1-12(2,19-3)9-15-11(17)13(10(14)16-18)7-5-4-6-8-13/h18H,4-9H2,1-3H3,(H2,14,16)(H,15,17). The molecule has 0 aromatic rings. The van der Waals surface area contributed by atoms with E-state index in [-0.39, 0.29) is 11.7 Å². The lowest BCUT2D eigenvalue weighted by Crippen LogP contribution is -2.53. The van der Waals surface area contributed by atoms with Crippen LogP contribution in [0.4, 0.5) is 0 Å². The summed E-state index contributed by atoms with van der Waals surface area (Å²) >= 11 is 0. The number of carbonyl (C=O) groups excluding carboxylic acids is 1. The second-order valence-corrected chi connectivity index (χ2v) is 5.77. The Bertz CT molecular complexity index is 347. The Morgan fingerprint density at radius 1 is 1.42 bits per heavy atom. The van der Waals surface area contributed by atoms with Crippen molar-refractivity contribution in [3.05, 3.63) is 0 Å². The van der Waals surface area contributed by atoms with E-state index in [1.165, 1.54) is 0 Å². The van der Waals surface area contributed by atoms with E-state index >= 15 is 0 Å². The topological polar surface area (TPSA) is 96.9 Å². The lowest BCUT2D eigenvalue weighted by molar-refractivity contribution is -0.130. The van der Waals surface area contributed by atoms with E-state index in [9.17, 15) is 4.79 Å². The van der Waals surface area contributed by atoms with Gasteiger partial charge < -0.3 is 21.0 Å². The molecule has 1 amide bonds. The Morgan fingerprint density at radius 2 is 2.00 bits per heavy atom. The van der Waals surface area contributed by atoms with Gasteiger partial charge in [-0.15, -0.1) is 0 Å². The number of amidine groups is 1. The Labute approximate surface area is 114 Å². The van der Waals surface area contributed by atoms with Crippen LogP contribution in [0.2, 0.25) is 0 Å². The van der Waals surface area contributed by atoms with Crippen LogP contribution in [0.5, 0.6) is 0 Å². The van der Waals surface area contributed by atoms with Gasteiger partial charge in [-0.05, 0) is 26.7 Å². The van der Waals surface area contributed by atoms with Crippen LogP contribution in [0.1, 0.15) is 46.0 Å². The molecule has 0 bridgehead atoms. The summed E-state index contributed by atoms with van der Waals surface area (Å²) in [6.07, 6.45) is 4.16. The minimum Gasteiger partial charge on any atom is -0.409 e. The number of hydrogen-bond donors (Lipinski definition) is 3. The largest absolute Gasteiger partial charge is 0.409 e. The number of hydrogen-bond acceptors (Lipinski definition) is 4. The van der Waals surface area contributed by atoms with E-state index < -0.39 is 11.0 Å². The number of oxime groups is 1. The van der Waals surface area contributed by atoms with Gasteiger partial charge in [-0.25, -0.2) is 0 Å². The number of nitrogens with one attached hydrogen (secondary N) is 1. The molecule has 1 fully saturated rings. The molecule has 0 unspecified atom stereocenters. The SMILES string of the molecule is COC(C)(C)CNC(=O)C1(C(N)=NO)CCCCC1. The van der Waals surface area contributed by atoms with Gasteiger partial charge in [0.15, 0.2) is 5.84 Å². The van der Waals surface area contributed by atoms with Crippen molar-refractivity contribution in [2.75, 3.05) is 13.7 Å². The zero-order valence-corrected chi connectivity index (χ0v) is 12.0. The molecular weight excluding hydrogens is 246 g/mol. The molecule has 6 heteroatoms. The van der Waals surface area contributed by atoms with Crippen molar-refractivity contribution in [1.29, 1.82) is 0 Å². The molecule has 19 heavy (non-hydrogen) atoms. The van der Waals surface area contributed by atoms with E-state index in [1.54, 1.807) is 7.11 Å². The van der Waals surface area contributed by atoms with Crippen LogP contribution < -0.4 is 11.1 Å². The second-order valence-electron chi connectivity index (χ2n) is 5.77. The summed E-state index contributed by atoms with van der Waals surface area (Å²) in [5.41, 5.74) is 4.47. The van der Waals surface area contributed by atoms with Crippen molar-refractivity contribution in [1.82, 2.24) is 5.32 Å². The molecule has 0 aromatic heterocycles. The van der Waals surface area contributed by atoms with Gasteiger partial charge in [-0.1, -0.05) is 24.4 Å². The maximum Gasteiger partial charge on any atom is 0.234 e. The predicted octanol–water partition coefficient (Wildman–Crippen LogP) is 1.22. The molecule has 1 aliphatic rings. The summed E-state index contributed by atoms with van der Waals surface area (Å²) in [6.45, 7) is 4.18. The quantitative estimate of drug-likeness (QED) is 0.303. The number of methoxy groups -OCH3 is 1. The van der Waals surface area contributed by atoms with Crippen LogP contribution in [0.25, 0.3) is 0 Å². The number of nitrogens with two attached hydrogens (primary N) is 1.